The molecule has 4 heteroatoms. The molecule has 0 unspecified atom stereocenters. The van der Waals surface area contributed by atoms with Crippen molar-refractivity contribution in [3.05, 3.63) is 16.5 Å². The van der Waals surface area contributed by atoms with Crippen molar-refractivity contribution in [1.82, 2.24) is 0 Å². The fraction of sp³-hybridized carbons (Fsp3) is 0.375. The maximum atomic E-state index is 10.6. The van der Waals surface area contributed by atoms with E-state index in [0.717, 1.165) is 4.88 Å². The van der Waals surface area contributed by atoms with E-state index in [1.807, 2.05) is 13.8 Å². The molecule has 1 heterocycles. The van der Waals surface area contributed by atoms with E-state index in [0.29, 0.717) is 10.9 Å². The lowest BCUT2D eigenvalue weighted by atomic mass is 10.1. The second kappa shape index (κ2) is 3.15. The van der Waals surface area contributed by atoms with Gasteiger partial charge in [0.2, 0.25) is 0 Å². The summed E-state index contributed by atoms with van der Waals surface area (Å²) < 4.78 is 0. The summed E-state index contributed by atoms with van der Waals surface area (Å²) >= 11 is 1.35. The van der Waals surface area contributed by atoms with Crippen LogP contribution >= 0.6 is 11.3 Å². The standard InChI is InChI=1S/C8H11NO2S/c1-4(2)6-3-5(8(10)11)7(9)12-6/h3-4H,9H2,1-2H3,(H,10,11). The fourth-order valence-electron chi connectivity index (χ4n) is 0.876. The zero-order valence-electron chi connectivity index (χ0n) is 7.00. The number of carboxylic acid groups (broad SMARTS) is 1. The van der Waals surface area contributed by atoms with Gasteiger partial charge in [-0.3, -0.25) is 0 Å². The number of thiophene rings is 1. The van der Waals surface area contributed by atoms with Gasteiger partial charge in [-0.1, -0.05) is 13.8 Å². The maximum absolute atomic E-state index is 10.6. The lowest BCUT2D eigenvalue weighted by Crippen LogP contribution is -1.97. The van der Waals surface area contributed by atoms with Crippen molar-refractivity contribution < 1.29 is 9.90 Å². The van der Waals surface area contributed by atoms with Crippen molar-refractivity contribution in [3.63, 3.8) is 0 Å². The van der Waals surface area contributed by atoms with E-state index in [9.17, 15) is 4.79 Å². The SMILES string of the molecule is CC(C)c1cc(C(=O)O)c(N)s1. The van der Waals surface area contributed by atoms with Gasteiger partial charge in [0.25, 0.3) is 0 Å². The first-order valence-electron chi connectivity index (χ1n) is 3.65. The summed E-state index contributed by atoms with van der Waals surface area (Å²) in [6.45, 7) is 4.02. The van der Waals surface area contributed by atoms with Crippen LogP contribution in [-0.4, -0.2) is 11.1 Å². The van der Waals surface area contributed by atoms with E-state index in [4.69, 9.17) is 10.8 Å². The van der Waals surface area contributed by atoms with Crippen LogP contribution in [0.2, 0.25) is 0 Å². The first-order valence-corrected chi connectivity index (χ1v) is 4.46. The smallest absolute Gasteiger partial charge is 0.338 e. The Morgan fingerprint density at radius 2 is 2.25 bits per heavy atom. The van der Waals surface area contributed by atoms with Crippen molar-refractivity contribution in [2.45, 2.75) is 19.8 Å². The maximum Gasteiger partial charge on any atom is 0.338 e. The van der Waals surface area contributed by atoms with Crippen LogP contribution in [0.15, 0.2) is 6.07 Å². The number of aromatic carboxylic acids is 1. The Hall–Kier alpha value is -1.03. The van der Waals surface area contributed by atoms with Crippen LogP contribution in [0, 0.1) is 0 Å². The van der Waals surface area contributed by atoms with Gasteiger partial charge in [0, 0.05) is 4.88 Å². The van der Waals surface area contributed by atoms with Crippen LogP contribution in [0.3, 0.4) is 0 Å². The minimum absolute atomic E-state index is 0.226. The molecule has 0 fully saturated rings. The Morgan fingerprint density at radius 1 is 1.67 bits per heavy atom. The Bertz CT molecular complexity index is 304. The summed E-state index contributed by atoms with van der Waals surface area (Å²) in [7, 11) is 0. The van der Waals surface area contributed by atoms with E-state index >= 15 is 0 Å². The third-order valence-electron chi connectivity index (χ3n) is 1.58. The molecule has 1 rings (SSSR count). The van der Waals surface area contributed by atoms with Gasteiger partial charge in [0.15, 0.2) is 0 Å². The van der Waals surface area contributed by atoms with Gasteiger partial charge in [-0.15, -0.1) is 11.3 Å². The summed E-state index contributed by atoms with van der Waals surface area (Å²) in [5.74, 6) is -0.610. The molecule has 0 saturated carbocycles. The van der Waals surface area contributed by atoms with Crippen LogP contribution < -0.4 is 5.73 Å². The van der Waals surface area contributed by atoms with Gasteiger partial charge < -0.3 is 10.8 Å². The van der Waals surface area contributed by atoms with E-state index < -0.39 is 5.97 Å². The van der Waals surface area contributed by atoms with Crippen molar-refractivity contribution in [2.24, 2.45) is 0 Å². The highest BCUT2D eigenvalue weighted by atomic mass is 32.1. The molecule has 1 aromatic rings. The third-order valence-corrected chi connectivity index (χ3v) is 2.84. The zero-order valence-corrected chi connectivity index (χ0v) is 7.81. The summed E-state index contributed by atoms with van der Waals surface area (Å²) in [6.07, 6.45) is 0. The Labute approximate surface area is 74.8 Å². The predicted octanol–water partition coefficient (Wildman–Crippen LogP) is 2.15. The molecule has 0 bridgehead atoms. The largest absolute Gasteiger partial charge is 0.478 e. The highest BCUT2D eigenvalue weighted by Gasteiger charge is 2.13. The van der Waals surface area contributed by atoms with Crippen LogP contribution in [-0.2, 0) is 0 Å². The second-order valence-corrected chi connectivity index (χ2v) is 4.00. The molecular formula is C8H11NO2S. The number of carbonyl (C=O) groups is 1. The molecular weight excluding hydrogens is 174 g/mol. The monoisotopic (exact) mass is 185 g/mol. The Kier molecular flexibility index (Phi) is 2.38. The number of carboxylic acids is 1. The highest BCUT2D eigenvalue weighted by molar-refractivity contribution is 7.16. The van der Waals surface area contributed by atoms with E-state index in [1.165, 1.54) is 11.3 Å². The van der Waals surface area contributed by atoms with Crippen molar-refractivity contribution in [2.75, 3.05) is 5.73 Å². The lowest BCUT2D eigenvalue weighted by Gasteiger charge is -1.96. The molecule has 0 atom stereocenters. The minimum atomic E-state index is -0.948. The summed E-state index contributed by atoms with van der Waals surface area (Å²) in [5.41, 5.74) is 5.74. The molecule has 0 aromatic carbocycles. The van der Waals surface area contributed by atoms with Crippen LogP contribution in [0.1, 0.15) is 35.0 Å². The quantitative estimate of drug-likeness (QED) is 0.742. The summed E-state index contributed by atoms with van der Waals surface area (Å²) in [6, 6.07) is 1.65. The first-order chi connectivity index (χ1) is 5.52. The Balaban J connectivity index is 3.09. The lowest BCUT2D eigenvalue weighted by molar-refractivity contribution is 0.0698. The molecule has 0 spiro atoms. The molecule has 0 aliphatic rings. The molecule has 0 radical (unpaired) electrons. The van der Waals surface area contributed by atoms with Crippen molar-refractivity contribution in [3.8, 4) is 0 Å². The third kappa shape index (κ3) is 1.58. The molecule has 12 heavy (non-hydrogen) atoms. The van der Waals surface area contributed by atoms with Crippen molar-refractivity contribution in [1.29, 1.82) is 0 Å². The topological polar surface area (TPSA) is 63.3 Å². The molecule has 3 N–H and O–H groups in total. The fourth-order valence-corrected chi connectivity index (χ4v) is 1.80. The zero-order chi connectivity index (χ0) is 9.30. The highest BCUT2D eigenvalue weighted by Crippen LogP contribution is 2.30. The van der Waals surface area contributed by atoms with Gasteiger partial charge >= 0.3 is 5.97 Å². The average Bonchev–Trinajstić information content (AvgIpc) is 2.30. The number of hydrogen-bond donors (Lipinski definition) is 2. The van der Waals surface area contributed by atoms with Crippen LogP contribution in [0.25, 0.3) is 0 Å². The molecule has 66 valence electrons. The molecule has 0 saturated heterocycles. The average molecular weight is 185 g/mol. The van der Waals surface area contributed by atoms with Gasteiger partial charge in [0.05, 0.1) is 5.56 Å². The number of rotatable bonds is 2. The molecule has 0 amide bonds. The number of anilines is 1. The van der Waals surface area contributed by atoms with E-state index in [-0.39, 0.29) is 5.56 Å². The molecule has 0 aliphatic carbocycles. The Morgan fingerprint density at radius 3 is 2.50 bits per heavy atom. The number of hydrogen-bond acceptors (Lipinski definition) is 3. The second-order valence-electron chi connectivity index (χ2n) is 2.89. The first kappa shape index (κ1) is 9.06. The predicted molar refractivity (Wildman–Crippen MR) is 49.8 cm³/mol. The van der Waals surface area contributed by atoms with E-state index in [1.54, 1.807) is 6.07 Å². The van der Waals surface area contributed by atoms with Gasteiger partial charge in [-0.2, -0.15) is 0 Å². The van der Waals surface area contributed by atoms with Crippen LogP contribution in [0.5, 0.6) is 0 Å². The summed E-state index contributed by atoms with van der Waals surface area (Å²) in [5, 5.41) is 9.08. The minimum Gasteiger partial charge on any atom is -0.478 e. The molecule has 3 nitrogen and oxygen atoms in total. The van der Waals surface area contributed by atoms with Crippen LogP contribution in [0.4, 0.5) is 5.00 Å². The van der Waals surface area contributed by atoms with Gasteiger partial charge in [-0.05, 0) is 12.0 Å². The van der Waals surface area contributed by atoms with Crippen molar-refractivity contribution >= 4 is 22.3 Å². The number of nitrogens with two attached hydrogens (primary N) is 1. The normalized spacial score (nSPS) is 10.6. The number of nitrogen functional groups attached to an aromatic ring is 1. The molecule has 1 aromatic heterocycles. The van der Waals surface area contributed by atoms with E-state index in [2.05, 4.69) is 0 Å². The summed E-state index contributed by atoms with van der Waals surface area (Å²) in [4.78, 5) is 11.6. The molecule has 0 aliphatic heterocycles. The van der Waals surface area contributed by atoms with Gasteiger partial charge in [0.1, 0.15) is 5.00 Å². The van der Waals surface area contributed by atoms with Gasteiger partial charge in [-0.25, -0.2) is 4.79 Å².